The Morgan fingerprint density at radius 2 is 1.15 bits per heavy atom. The fourth-order valence-electron chi connectivity index (χ4n) is 3.12. The lowest BCUT2D eigenvalue weighted by Gasteiger charge is -2.22. The molecule has 0 aliphatic rings. The van der Waals surface area contributed by atoms with Gasteiger partial charge >= 0.3 is 5.97 Å². The van der Waals surface area contributed by atoms with Gasteiger partial charge in [0.15, 0.2) is 0 Å². The molecule has 0 aliphatic heterocycles. The molecule has 0 aliphatic carbocycles. The Balaban J connectivity index is 4.08. The highest BCUT2D eigenvalue weighted by molar-refractivity contribution is 5.81. The Hall–Kier alpha value is -1.12. The van der Waals surface area contributed by atoms with Crippen molar-refractivity contribution in [3.05, 3.63) is 11.1 Å². The molecule has 3 nitrogen and oxygen atoms in total. The van der Waals surface area contributed by atoms with Crippen LogP contribution in [-0.2, 0) is 14.3 Å². The molecule has 0 atom stereocenters. The summed E-state index contributed by atoms with van der Waals surface area (Å²) in [6.07, 6.45) is 9.83. The zero-order chi connectivity index (χ0) is 21.1. The molecule has 0 aromatic rings. The maximum atomic E-state index is 11.9. The molecule has 3 heteroatoms. The summed E-state index contributed by atoms with van der Waals surface area (Å²) in [4.78, 5) is 23.5. The fraction of sp³-hybridized carbons (Fsp3) is 0.833. The molecule has 27 heavy (non-hydrogen) atoms. The molecule has 0 radical (unpaired) electrons. The van der Waals surface area contributed by atoms with E-state index in [1.807, 2.05) is 34.6 Å². The molecule has 0 heterocycles. The lowest BCUT2D eigenvalue weighted by atomic mass is 9.83. The highest BCUT2D eigenvalue weighted by Gasteiger charge is 2.28. The predicted molar refractivity (Wildman–Crippen MR) is 115 cm³/mol. The minimum absolute atomic E-state index is 0.0820. The van der Waals surface area contributed by atoms with E-state index in [1.54, 1.807) is 6.92 Å². The first kappa shape index (κ1) is 25.9. The van der Waals surface area contributed by atoms with Gasteiger partial charge in [-0.15, -0.1) is 0 Å². The number of hydrogen-bond donors (Lipinski definition) is 0. The Morgan fingerprint density at radius 3 is 1.63 bits per heavy atom. The van der Waals surface area contributed by atoms with Gasteiger partial charge in [0.05, 0.1) is 12.0 Å². The van der Waals surface area contributed by atoms with E-state index < -0.39 is 0 Å². The van der Waals surface area contributed by atoms with Gasteiger partial charge in [-0.05, 0) is 80.1 Å². The fourth-order valence-corrected chi connectivity index (χ4v) is 3.12. The van der Waals surface area contributed by atoms with Crippen LogP contribution in [0.25, 0.3) is 0 Å². The maximum absolute atomic E-state index is 11.9. The minimum atomic E-state index is -0.379. The molecule has 158 valence electrons. The molecule has 0 unspecified atom stereocenters. The van der Waals surface area contributed by atoms with Gasteiger partial charge in [0.2, 0.25) is 0 Å². The zero-order valence-electron chi connectivity index (χ0n) is 19.3. The quantitative estimate of drug-likeness (QED) is 0.184. The van der Waals surface area contributed by atoms with E-state index in [0.717, 1.165) is 44.9 Å². The molecule has 0 N–H and O–H groups in total. The molecular formula is C24H44O3. The normalized spacial score (nSPS) is 13.3. The molecule has 0 aromatic carbocycles. The van der Waals surface area contributed by atoms with Crippen molar-refractivity contribution < 1.29 is 14.3 Å². The van der Waals surface area contributed by atoms with Gasteiger partial charge in [-0.1, -0.05) is 44.3 Å². The van der Waals surface area contributed by atoms with E-state index in [4.69, 9.17) is 4.74 Å². The van der Waals surface area contributed by atoms with Crippen LogP contribution in [0.15, 0.2) is 11.1 Å². The van der Waals surface area contributed by atoms with E-state index in [9.17, 15) is 9.59 Å². The summed E-state index contributed by atoms with van der Waals surface area (Å²) in [5, 5.41) is 0. The third kappa shape index (κ3) is 10.7. The number of ketones is 1. The smallest absolute Gasteiger partial charge is 0.311 e. The number of rotatable bonds is 14. The van der Waals surface area contributed by atoms with Gasteiger partial charge < -0.3 is 4.74 Å². The Labute approximate surface area is 168 Å². The third-order valence-electron chi connectivity index (χ3n) is 5.97. The first-order chi connectivity index (χ1) is 12.4. The Bertz CT molecular complexity index is 498. The van der Waals surface area contributed by atoms with E-state index in [1.165, 1.54) is 24.0 Å². The SMILES string of the molecule is CCOC(=O)C(C)(C)CCCC/C(C)=C(/C)CCCCCC(C)(C)C(C)=O. The Morgan fingerprint density at radius 1 is 0.704 bits per heavy atom. The monoisotopic (exact) mass is 380 g/mol. The number of carbonyl (C=O) groups is 2. The number of hydrogen-bond acceptors (Lipinski definition) is 3. The molecular weight excluding hydrogens is 336 g/mol. The van der Waals surface area contributed by atoms with Crippen molar-refractivity contribution in [1.29, 1.82) is 0 Å². The summed E-state index contributed by atoms with van der Waals surface area (Å²) >= 11 is 0. The second kappa shape index (κ2) is 12.4. The number of unbranched alkanes of at least 4 members (excludes halogenated alkanes) is 3. The Kier molecular flexibility index (Phi) is 11.8. The van der Waals surface area contributed by atoms with E-state index in [2.05, 4.69) is 13.8 Å². The lowest BCUT2D eigenvalue weighted by molar-refractivity contribution is -0.153. The highest BCUT2D eigenvalue weighted by Crippen LogP contribution is 2.27. The number of ether oxygens (including phenoxy) is 1. The lowest BCUT2D eigenvalue weighted by Crippen LogP contribution is -2.26. The summed E-state index contributed by atoms with van der Waals surface area (Å²) in [6, 6.07) is 0. The number of Topliss-reactive ketones (excluding diaryl/α,β-unsaturated/α-hetero) is 1. The minimum Gasteiger partial charge on any atom is -0.466 e. The topological polar surface area (TPSA) is 43.4 Å². The van der Waals surface area contributed by atoms with Gasteiger partial charge in [0.1, 0.15) is 5.78 Å². The van der Waals surface area contributed by atoms with Crippen LogP contribution < -0.4 is 0 Å². The van der Waals surface area contributed by atoms with E-state index >= 15 is 0 Å². The van der Waals surface area contributed by atoms with Crippen LogP contribution >= 0.6 is 0 Å². The van der Waals surface area contributed by atoms with Crippen LogP contribution in [0.3, 0.4) is 0 Å². The maximum Gasteiger partial charge on any atom is 0.311 e. The van der Waals surface area contributed by atoms with Crippen LogP contribution in [0, 0.1) is 10.8 Å². The number of esters is 1. The van der Waals surface area contributed by atoms with Crippen LogP contribution in [0.2, 0.25) is 0 Å². The van der Waals surface area contributed by atoms with Gasteiger partial charge in [0.25, 0.3) is 0 Å². The second-order valence-electron chi connectivity index (χ2n) is 9.37. The molecule has 0 spiro atoms. The number of carbonyl (C=O) groups excluding carboxylic acids is 2. The summed E-state index contributed by atoms with van der Waals surface area (Å²) < 4.78 is 5.15. The molecule has 0 rings (SSSR count). The van der Waals surface area contributed by atoms with Crippen molar-refractivity contribution in [3.8, 4) is 0 Å². The van der Waals surface area contributed by atoms with Crippen molar-refractivity contribution in [2.45, 2.75) is 113 Å². The molecule has 0 fully saturated rings. The summed E-state index contributed by atoms with van der Waals surface area (Å²) in [5.74, 6) is 0.210. The molecule has 0 saturated carbocycles. The van der Waals surface area contributed by atoms with Crippen LogP contribution in [-0.4, -0.2) is 18.4 Å². The van der Waals surface area contributed by atoms with Crippen molar-refractivity contribution >= 4 is 11.8 Å². The summed E-state index contributed by atoms with van der Waals surface area (Å²) in [7, 11) is 0. The molecule has 0 bridgehead atoms. The largest absolute Gasteiger partial charge is 0.466 e. The summed E-state index contributed by atoms with van der Waals surface area (Å²) in [6.45, 7) is 16.6. The van der Waals surface area contributed by atoms with Gasteiger partial charge in [-0.25, -0.2) is 0 Å². The van der Waals surface area contributed by atoms with Crippen LogP contribution in [0.5, 0.6) is 0 Å². The van der Waals surface area contributed by atoms with Gasteiger partial charge in [0, 0.05) is 5.41 Å². The first-order valence-corrected chi connectivity index (χ1v) is 10.8. The standard InChI is InChI=1S/C24H44O3/c1-9-27-22(26)24(7,8)18-14-12-16-20(3)19(2)15-11-10-13-17-23(5,6)21(4)25/h9-18H2,1-8H3/b20-19-. The van der Waals surface area contributed by atoms with Crippen molar-refractivity contribution in [2.24, 2.45) is 10.8 Å². The van der Waals surface area contributed by atoms with E-state index in [0.29, 0.717) is 12.4 Å². The first-order valence-electron chi connectivity index (χ1n) is 10.8. The summed E-state index contributed by atoms with van der Waals surface area (Å²) in [5.41, 5.74) is 2.45. The second-order valence-corrected chi connectivity index (χ2v) is 9.37. The average Bonchev–Trinajstić information content (AvgIpc) is 2.57. The van der Waals surface area contributed by atoms with E-state index in [-0.39, 0.29) is 16.8 Å². The van der Waals surface area contributed by atoms with Crippen molar-refractivity contribution in [3.63, 3.8) is 0 Å². The highest BCUT2D eigenvalue weighted by atomic mass is 16.5. The zero-order valence-corrected chi connectivity index (χ0v) is 19.3. The van der Waals surface area contributed by atoms with Gasteiger partial charge in [-0.2, -0.15) is 0 Å². The van der Waals surface area contributed by atoms with Crippen molar-refractivity contribution in [1.82, 2.24) is 0 Å². The van der Waals surface area contributed by atoms with Crippen LogP contribution in [0.4, 0.5) is 0 Å². The number of allylic oxidation sites excluding steroid dienone is 2. The predicted octanol–water partition coefficient (Wildman–Crippen LogP) is 7.04. The van der Waals surface area contributed by atoms with Gasteiger partial charge in [-0.3, -0.25) is 9.59 Å². The third-order valence-corrected chi connectivity index (χ3v) is 5.97. The molecule has 0 aromatic heterocycles. The molecule has 0 saturated heterocycles. The van der Waals surface area contributed by atoms with Crippen LogP contribution in [0.1, 0.15) is 113 Å². The van der Waals surface area contributed by atoms with Crippen molar-refractivity contribution in [2.75, 3.05) is 6.61 Å². The molecule has 0 amide bonds. The average molecular weight is 381 g/mol.